The van der Waals surface area contributed by atoms with Crippen molar-refractivity contribution in [2.75, 3.05) is 39.1 Å². The van der Waals surface area contributed by atoms with Gasteiger partial charge in [0.05, 0.1) is 13.7 Å². The molecule has 2 aliphatic rings. The maximum Gasteiger partial charge on any atom is 0.246 e. The molecule has 1 saturated carbocycles. The molecule has 0 radical (unpaired) electrons. The number of aromatic nitrogens is 3. The van der Waals surface area contributed by atoms with Gasteiger partial charge in [-0.15, -0.1) is 0 Å². The first-order valence-electron chi connectivity index (χ1n) is 16.9. The van der Waals surface area contributed by atoms with Gasteiger partial charge < -0.3 is 24.4 Å². The fourth-order valence-electron chi connectivity index (χ4n) is 6.25. The van der Waals surface area contributed by atoms with Gasteiger partial charge in [0.15, 0.2) is 11.5 Å². The average Bonchev–Trinajstić information content (AvgIpc) is 3.78. The Balaban J connectivity index is 1.11. The third-order valence-corrected chi connectivity index (χ3v) is 9.11. The van der Waals surface area contributed by atoms with Gasteiger partial charge in [0, 0.05) is 50.1 Å². The molecule has 1 atom stereocenters. The number of hydrogen-bond acceptors (Lipinski definition) is 8. The van der Waals surface area contributed by atoms with Crippen LogP contribution in [0.1, 0.15) is 31.2 Å². The monoisotopic (exact) mass is 658 g/mol. The quantitative estimate of drug-likeness (QED) is 0.126. The Kier molecular flexibility index (Phi) is 9.74. The Morgan fingerprint density at radius 3 is 2.37 bits per heavy atom. The van der Waals surface area contributed by atoms with Crippen LogP contribution in [0.4, 0.5) is 5.82 Å². The molecule has 1 aliphatic carbocycles. The number of carbonyl (C=O) groups is 1. The minimum atomic E-state index is 0.0540. The van der Waals surface area contributed by atoms with Gasteiger partial charge in [-0.25, -0.2) is 9.67 Å². The highest BCUT2D eigenvalue weighted by Gasteiger charge is 2.29. The lowest BCUT2D eigenvalue weighted by Crippen LogP contribution is -2.38. The molecule has 7 rings (SSSR count). The molecule has 3 heterocycles. The summed E-state index contributed by atoms with van der Waals surface area (Å²) in [5.41, 5.74) is 1.76. The van der Waals surface area contributed by atoms with Gasteiger partial charge >= 0.3 is 0 Å². The summed E-state index contributed by atoms with van der Waals surface area (Å²) in [4.78, 5) is 22.2. The highest BCUT2D eigenvalue weighted by Crippen LogP contribution is 2.36. The molecule has 2 aromatic heterocycles. The summed E-state index contributed by atoms with van der Waals surface area (Å²) in [6.45, 7) is 2.62. The van der Waals surface area contributed by atoms with E-state index in [0.717, 1.165) is 48.4 Å². The summed E-state index contributed by atoms with van der Waals surface area (Å²) in [7, 11) is 3.78. The molecule has 10 nitrogen and oxygen atoms in total. The molecule has 1 N–H and O–H groups in total. The van der Waals surface area contributed by atoms with Crippen molar-refractivity contribution in [2.24, 2.45) is 0 Å². The normalized spacial score (nSPS) is 16.1. The minimum Gasteiger partial charge on any atom is -0.497 e. The second kappa shape index (κ2) is 14.8. The maximum absolute atomic E-state index is 13.2. The van der Waals surface area contributed by atoms with Crippen LogP contribution in [0.15, 0.2) is 103 Å². The number of likely N-dealkylation sites (tertiary alicyclic amines) is 1. The van der Waals surface area contributed by atoms with Crippen LogP contribution in [0, 0.1) is 0 Å². The smallest absolute Gasteiger partial charge is 0.246 e. The number of anilines is 1. The van der Waals surface area contributed by atoms with Gasteiger partial charge in [-0.2, -0.15) is 5.10 Å². The molecule has 10 heteroatoms. The first kappa shape index (κ1) is 32.2. The number of nitrogens with zero attached hydrogens (tertiary/aromatic N) is 5. The van der Waals surface area contributed by atoms with Crippen LogP contribution in [-0.4, -0.2) is 76.3 Å². The van der Waals surface area contributed by atoms with Crippen molar-refractivity contribution in [1.29, 1.82) is 0 Å². The number of fused-ring (bicyclic) bond motifs is 1. The molecule has 3 aromatic carbocycles. The number of ether oxygens (including phenoxy) is 3. The third-order valence-electron chi connectivity index (χ3n) is 9.11. The molecule has 49 heavy (non-hydrogen) atoms. The van der Waals surface area contributed by atoms with Crippen molar-refractivity contribution >= 4 is 22.8 Å². The van der Waals surface area contributed by atoms with E-state index in [4.69, 9.17) is 24.3 Å². The van der Waals surface area contributed by atoms with Crippen molar-refractivity contribution in [3.05, 3.63) is 109 Å². The Bertz CT molecular complexity index is 1890. The second-order valence-corrected chi connectivity index (χ2v) is 12.6. The van der Waals surface area contributed by atoms with E-state index in [1.54, 1.807) is 19.4 Å². The molecule has 1 saturated heterocycles. The number of pyridine rings is 1. The maximum atomic E-state index is 13.2. The predicted octanol–water partition coefficient (Wildman–Crippen LogP) is 7.13. The minimum absolute atomic E-state index is 0.0540. The Labute approximate surface area is 286 Å². The molecule has 1 unspecified atom stereocenters. The summed E-state index contributed by atoms with van der Waals surface area (Å²) < 4.78 is 19.7. The van der Waals surface area contributed by atoms with Crippen LogP contribution in [0.5, 0.6) is 28.7 Å². The number of methoxy groups -OCH3 is 1. The standard InChI is InChI=1S/C39H42N6O4/c1-43(29-14-15-29)24-7-11-36(46)44-25-6-8-30(44)26-41-38-37-35(49-34-20-18-33(19-21-34)48-32-9-4-3-5-10-32)22-23-40-39(37)45(42-38)27-28-12-16-31(47-2)17-13-28/h3-5,7,9-13,16-23,29-30H,6,8,14-15,24-27H2,1-2H3,(H,41,42)/b11-7+. The fraction of sp³-hybridized carbons (Fsp3) is 0.308. The number of hydrogen-bond donors (Lipinski definition) is 1. The number of rotatable bonds is 14. The van der Waals surface area contributed by atoms with Crippen molar-refractivity contribution in [1.82, 2.24) is 24.6 Å². The van der Waals surface area contributed by atoms with Gasteiger partial charge in [-0.05, 0) is 86.8 Å². The SMILES string of the molecule is COc1ccc(Cn2nc(NCC3CCCN3C(=O)/C=C/CN(C)C3CC3)c3c(Oc4ccc(Oc5ccccc5)cc4)ccnc32)cc1. The van der Waals surface area contributed by atoms with Crippen molar-refractivity contribution in [2.45, 2.75) is 44.3 Å². The number of nitrogens with one attached hydrogen (secondary N) is 1. The Hall–Kier alpha value is -5.35. The molecule has 0 bridgehead atoms. The Morgan fingerprint density at radius 2 is 1.63 bits per heavy atom. The average molecular weight is 659 g/mol. The zero-order valence-corrected chi connectivity index (χ0v) is 28.0. The largest absolute Gasteiger partial charge is 0.497 e. The number of carbonyl (C=O) groups excluding carboxylic acids is 1. The van der Waals surface area contributed by atoms with Crippen LogP contribution < -0.4 is 19.5 Å². The van der Waals surface area contributed by atoms with E-state index in [0.29, 0.717) is 47.8 Å². The summed E-state index contributed by atoms with van der Waals surface area (Å²) >= 11 is 0. The van der Waals surface area contributed by atoms with E-state index >= 15 is 0 Å². The topological polar surface area (TPSA) is 94.0 Å². The van der Waals surface area contributed by atoms with Crippen LogP contribution in [0.25, 0.3) is 11.0 Å². The van der Waals surface area contributed by atoms with E-state index in [-0.39, 0.29) is 11.9 Å². The van der Waals surface area contributed by atoms with E-state index in [2.05, 4.69) is 17.3 Å². The second-order valence-electron chi connectivity index (χ2n) is 12.6. The summed E-state index contributed by atoms with van der Waals surface area (Å²) in [6.07, 6.45) is 9.88. The summed E-state index contributed by atoms with van der Waals surface area (Å²) in [5, 5.41) is 9.36. The van der Waals surface area contributed by atoms with Gasteiger partial charge in [0.2, 0.25) is 5.91 Å². The molecule has 1 amide bonds. The molecule has 5 aromatic rings. The first-order chi connectivity index (χ1) is 24.0. The molecule has 2 fully saturated rings. The lowest BCUT2D eigenvalue weighted by Gasteiger charge is -2.24. The zero-order chi connectivity index (χ0) is 33.6. The summed E-state index contributed by atoms with van der Waals surface area (Å²) in [6, 6.07) is 27.7. The third kappa shape index (κ3) is 7.87. The van der Waals surface area contributed by atoms with Crippen LogP contribution in [0.3, 0.4) is 0 Å². The molecule has 252 valence electrons. The first-order valence-corrected chi connectivity index (χ1v) is 16.9. The van der Waals surface area contributed by atoms with E-state index < -0.39 is 0 Å². The van der Waals surface area contributed by atoms with Crippen LogP contribution in [0.2, 0.25) is 0 Å². The van der Waals surface area contributed by atoms with Crippen LogP contribution >= 0.6 is 0 Å². The number of para-hydroxylation sites is 1. The van der Waals surface area contributed by atoms with Gasteiger partial charge in [-0.3, -0.25) is 9.69 Å². The predicted molar refractivity (Wildman–Crippen MR) is 191 cm³/mol. The van der Waals surface area contributed by atoms with E-state index in [1.807, 2.05) is 101 Å². The highest BCUT2D eigenvalue weighted by atomic mass is 16.5. The number of likely N-dealkylation sites (N-methyl/N-ethyl adjacent to an activating group) is 1. The molecule has 0 spiro atoms. The lowest BCUT2D eigenvalue weighted by molar-refractivity contribution is -0.126. The van der Waals surface area contributed by atoms with Crippen molar-refractivity contribution < 1.29 is 19.0 Å². The summed E-state index contributed by atoms with van der Waals surface area (Å²) in [5.74, 6) is 4.30. The van der Waals surface area contributed by atoms with Gasteiger partial charge in [0.25, 0.3) is 0 Å². The molecular weight excluding hydrogens is 616 g/mol. The van der Waals surface area contributed by atoms with Crippen molar-refractivity contribution in [3.63, 3.8) is 0 Å². The molecular formula is C39H42N6O4. The van der Waals surface area contributed by atoms with Crippen molar-refractivity contribution in [3.8, 4) is 28.7 Å². The highest BCUT2D eigenvalue weighted by molar-refractivity contribution is 5.93. The number of benzene rings is 3. The van der Waals surface area contributed by atoms with Gasteiger partial charge in [-0.1, -0.05) is 36.4 Å². The van der Waals surface area contributed by atoms with Gasteiger partial charge in [0.1, 0.15) is 34.1 Å². The number of amides is 1. The molecule has 1 aliphatic heterocycles. The van der Waals surface area contributed by atoms with E-state index in [1.165, 1.54) is 12.8 Å². The van der Waals surface area contributed by atoms with E-state index in [9.17, 15) is 4.79 Å². The Morgan fingerprint density at radius 1 is 0.918 bits per heavy atom. The zero-order valence-electron chi connectivity index (χ0n) is 28.0. The lowest BCUT2D eigenvalue weighted by atomic mass is 10.2. The fourth-order valence-corrected chi connectivity index (χ4v) is 6.25. The van der Waals surface area contributed by atoms with Crippen LogP contribution in [-0.2, 0) is 11.3 Å².